The minimum atomic E-state index is -0.245. The summed E-state index contributed by atoms with van der Waals surface area (Å²) < 4.78 is 26.5. The van der Waals surface area contributed by atoms with Crippen molar-refractivity contribution in [3.05, 3.63) is 34.9 Å². The summed E-state index contributed by atoms with van der Waals surface area (Å²) in [6.07, 6.45) is 6.55. The Morgan fingerprint density at radius 1 is 1.03 bits per heavy atom. The molecule has 1 aromatic carbocycles. The fourth-order valence-electron chi connectivity index (χ4n) is 5.48. The molecule has 0 unspecified atom stereocenters. The second kappa shape index (κ2) is 8.89. The van der Waals surface area contributed by atoms with Gasteiger partial charge >= 0.3 is 0 Å². The molecule has 2 aromatic heterocycles. The normalized spacial score (nSPS) is 22.0. The van der Waals surface area contributed by atoms with Crippen molar-refractivity contribution < 1.29 is 13.7 Å². The van der Waals surface area contributed by atoms with Crippen LogP contribution in [0.15, 0.2) is 16.7 Å². The molecule has 1 aliphatic carbocycles. The summed E-state index contributed by atoms with van der Waals surface area (Å²) >= 11 is 0. The van der Waals surface area contributed by atoms with Gasteiger partial charge in [-0.3, -0.25) is 0 Å². The lowest BCUT2D eigenvalue weighted by molar-refractivity contribution is 0.0650. The van der Waals surface area contributed by atoms with Crippen molar-refractivity contribution in [2.24, 2.45) is 0 Å². The van der Waals surface area contributed by atoms with Gasteiger partial charge in [0.2, 0.25) is 0 Å². The number of benzene rings is 1. The molecule has 0 amide bonds. The van der Waals surface area contributed by atoms with Crippen molar-refractivity contribution in [3.63, 3.8) is 0 Å². The Hall–Kier alpha value is -2.58. The highest BCUT2D eigenvalue weighted by Crippen LogP contribution is 2.43. The van der Waals surface area contributed by atoms with Crippen LogP contribution >= 0.6 is 0 Å². The highest BCUT2D eigenvalue weighted by atomic mass is 19.1. The van der Waals surface area contributed by atoms with Gasteiger partial charge in [-0.25, -0.2) is 9.37 Å². The van der Waals surface area contributed by atoms with Crippen molar-refractivity contribution in [3.8, 4) is 11.5 Å². The molecule has 0 radical (unpaired) electrons. The van der Waals surface area contributed by atoms with E-state index in [0.29, 0.717) is 35.2 Å². The minimum Gasteiger partial charge on any atom is -0.380 e. The molecule has 2 aliphatic heterocycles. The van der Waals surface area contributed by atoms with Gasteiger partial charge in [-0.2, -0.15) is 4.98 Å². The molecule has 1 atom stereocenters. The summed E-state index contributed by atoms with van der Waals surface area (Å²) in [5, 5.41) is 8.64. The summed E-state index contributed by atoms with van der Waals surface area (Å²) in [7, 11) is 0. The molecule has 3 aromatic rings. The number of nitrogens with zero attached hydrogens (tertiary/aromatic N) is 4. The van der Waals surface area contributed by atoms with Gasteiger partial charge in [0.25, 0.3) is 5.89 Å². The van der Waals surface area contributed by atoms with Gasteiger partial charge in [0, 0.05) is 37.2 Å². The van der Waals surface area contributed by atoms with Gasteiger partial charge in [-0.05, 0) is 81.5 Å². The first-order valence-corrected chi connectivity index (χ1v) is 12.6. The fourth-order valence-corrected chi connectivity index (χ4v) is 5.48. The fraction of sp³-hybridized carbons (Fsp3) is 0.577. The monoisotopic (exact) mass is 465 g/mol. The van der Waals surface area contributed by atoms with Gasteiger partial charge in [0.05, 0.1) is 12.2 Å². The molecule has 0 spiro atoms. The molecule has 0 bridgehead atoms. The Kier molecular flexibility index (Phi) is 5.73. The zero-order valence-electron chi connectivity index (χ0n) is 19.9. The van der Waals surface area contributed by atoms with E-state index in [4.69, 9.17) is 14.2 Å². The maximum absolute atomic E-state index is 15.3. The first-order chi connectivity index (χ1) is 16.6. The second-order valence-corrected chi connectivity index (χ2v) is 10.1. The van der Waals surface area contributed by atoms with Crippen LogP contribution in [0.3, 0.4) is 0 Å². The Balaban J connectivity index is 1.34. The number of halogens is 1. The van der Waals surface area contributed by atoms with E-state index in [0.717, 1.165) is 86.3 Å². The van der Waals surface area contributed by atoms with E-state index in [9.17, 15) is 0 Å². The van der Waals surface area contributed by atoms with E-state index in [1.807, 2.05) is 13.8 Å². The van der Waals surface area contributed by atoms with Crippen LogP contribution in [0.25, 0.3) is 22.4 Å². The molecule has 180 valence electrons. The quantitative estimate of drug-likeness (QED) is 0.587. The summed E-state index contributed by atoms with van der Waals surface area (Å²) in [6, 6.07) is 4.68. The van der Waals surface area contributed by atoms with Crippen molar-refractivity contribution >= 4 is 16.7 Å². The average Bonchev–Trinajstić information content (AvgIpc) is 3.61. The summed E-state index contributed by atoms with van der Waals surface area (Å²) in [5.41, 5.74) is 3.27. The number of piperidine rings is 1. The number of hydrogen-bond acceptors (Lipinski definition) is 7. The number of ether oxygens (including phenoxy) is 1. The lowest BCUT2D eigenvalue weighted by Crippen LogP contribution is -2.48. The van der Waals surface area contributed by atoms with Crippen LogP contribution in [0.5, 0.6) is 0 Å². The molecule has 1 N–H and O–H groups in total. The largest absolute Gasteiger partial charge is 0.380 e. The molecule has 6 rings (SSSR count). The molecule has 3 fully saturated rings. The molecule has 2 saturated heterocycles. The number of aryl methyl sites for hydroxylation is 2. The van der Waals surface area contributed by atoms with E-state index in [-0.39, 0.29) is 5.82 Å². The highest BCUT2D eigenvalue weighted by molar-refractivity contribution is 5.93. The third-order valence-corrected chi connectivity index (χ3v) is 7.52. The number of hydrogen-bond donors (Lipinski definition) is 1. The number of aromatic nitrogens is 3. The lowest BCUT2D eigenvalue weighted by atomic mass is 9.97. The number of pyridine rings is 1. The van der Waals surface area contributed by atoms with Crippen LogP contribution < -0.4 is 10.2 Å². The van der Waals surface area contributed by atoms with Gasteiger partial charge in [0.15, 0.2) is 5.82 Å². The molecule has 1 saturated carbocycles. The van der Waals surface area contributed by atoms with Crippen LogP contribution in [0.2, 0.25) is 0 Å². The van der Waals surface area contributed by atoms with E-state index in [1.54, 1.807) is 6.07 Å². The Bertz CT molecular complexity index is 1190. The first-order valence-electron chi connectivity index (χ1n) is 12.6. The Labute approximate surface area is 199 Å². The van der Waals surface area contributed by atoms with Crippen molar-refractivity contribution in [1.82, 2.24) is 20.4 Å². The molecule has 3 aliphatic rings. The van der Waals surface area contributed by atoms with Crippen molar-refractivity contribution in [2.45, 2.75) is 70.4 Å². The zero-order valence-corrected chi connectivity index (χ0v) is 19.9. The van der Waals surface area contributed by atoms with Gasteiger partial charge in [0.1, 0.15) is 17.2 Å². The van der Waals surface area contributed by atoms with Gasteiger partial charge in [-0.15, -0.1) is 0 Å². The first kappa shape index (κ1) is 21.9. The maximum Gasteiger partial charge on any atom is 0.261 e. The van der Waals surface area contributed by atoms with E-state index < -0.39 is 0 Å². The standard InChI is InChI=1S/C26H32FN5O2/c1-15-21-12-18(17-5-6-17)13-22(27)24(21)30-25(23(15)26-28-16(2)31-34-26)32-9-7-19(8-10-32)29-20-4-3-11-33-14-20/h12-13,17,19-20,29H,3-11,14H2,1-2H3/t20-/m0/s1. The van der Waals surface area contributed by atoms with Crippen molar-refractivity contribution in [1.29, 1.82) is 0 Å². The Morgan fingerprint density at radius 2 is 1.85 bits per heavy atom. The molecular weight excluding hydrogens is 433 g/mol. The van der Waals surface area contributed by atoms with E-state index in [1.165, 1.54) is 6.42 Å². The summed E-state index contributed by atoms with van der Waals surface area (Å²) in [5.74, 6) is 2.00. The number of rotatable bonds is 5. The van der Waals surface area contributed by atoms with Crippen LogP contribution in [-0.4, -0.2) is 53.5 Å². The zero-order chi connectivity index (χ0) is 23.2. The van der Waals surface area contributed by atoms with Crippen LogP contribution in [0.1, 0.15) is 61.4 Å². The molecule has 8 heteroatoms. The van der Waals surface area contributed by atoms with E-state index in [2.05, 4.69) is 26.4 Å². The summed E-state index contributed by atoms with van der Waals surface area (Å²) in [4.78, 5) is 11.7. The molecule has 34 heavy (non-hydrogen) atoms. The number of anilines is 1. The van der Waals surface area contributed by atoms with Crippen LogP contribution in [0, 0.1) is 19.7 Å². The third-order valence-electron chi connectivity index (χ3n) is 7.52. The summed E-state index contributed by atoms with van der Waals surface area (Å²) in [6.45, 7) is 7.19. The number of nitrogens with one attached hydrogen (secondary N) is 1. The predicted molar refractivity (Wildman–Crippen MR) is 129 cm³/mol. The SMILES string of the molecule is Cc1noc(-c2c(N3CCC(N[C@H]4CCCOC4)CC3)nc3c(F)cc(C4CC4)cc3c2C)n1. The van der Waals surface area contributed by atoms with Gasteiger partial charge < -0.3 is 19.5 Å². The molecule has 4 heterocycles. The highest BCUT2D eigenvalue weighted by Gasteiger charge is 2.30. The van der Waals surface area contributed by atoms with Crippen LogP contribution in [-0.2, 0) is 4.74 Å². The average molecular weight is 466 g/mol. The van der Waals surface area contributed by atoms with Crippen LogP contribution in [0.4, 0.5) is 10.2 Å². The number of fused-ring (bicyclic) bond motifs is 1. The Morgan fingerprint density at radius 3 is 2.53 bits per heavy atom. The predicted octanol–water partition coefficient (Wildman–Crippen LogP) is 4.66. The lowest BCUT2D eigenvalue weighted by Gasteiger charge is -2.36. The molecule has 7 nitrogen and oxygen atoms in total. The second-order valence-electron chi connectivity index (χ2n) is 10.1. The molecular formula is C26H32FN5O2. The van der Waals surface area contributed by atoms with E-state index >= 15 is 4.39 Å². The van der Waals surface area contributed by atoms with Crippen molar-refractivity contribution in [2.75, 3.05) is 31.2 Å². The maximum atomic E-state index is 15.3. The van der Waals surface area contributed by atoms with Gasteiger partial charge in [-0.1, -0.05) is 5.16 Å². The minimum absolute atomic E-state index is 0.245. The topological polar surface area (TPSA) is 76.3 Å². The third kappa shape index (κ3) is 4.18. The smallest absolute Gasteiger partial charge is 0.261 e.